The summed E-state index contributed by atoms with van der Waals surface area (Å²) in [4.78, 5) is 17.3. The molecule has 3 rings (SSSR count). The predicted octanol–water partition coefficient (Wildman–Crippen LogP) is 4.79. The molecule has 0 fully saturated rings. The van der Waals surface area contributed by atoms with Crippen molar-refractivity contribution < 1.29 is 26.4 Å². The molecule has 5 nitrogen and oxygen atoms in total. The van der Waals surface area contributed by atoms with Gasteiger partial charge in [-0.2, -0.15) is 13.2 Å². The molecule has 1 aromatic heterocycles. The number of nitrogens with zero attached hydrogens (tertiary/aromatic N) is 1. The van der Waals surface area contributed by atoms with Gasteiger partial charge in [-0.05, 0) is 43.3 Å². The quantitative estimate of drug-likeness (QED) is 0.633. The summed E-state index contributed by atoms with van der Waals surface area (Å²) in [6.07, 6.45) is -3.33. The number of nitrogens with one attached hydrogen (secondary N) is 1. The first-order valence-electron chi connectivity index (χ1n) is 8.21. The van der Waals surface area contributed by atoms with Crippen LogP contribution in [0.15, 0.2) is 53.4 Å². The van der Waals surface area contributed by atoms with Gasteiger partial charge in [0.05, 0.1) is 16.2 Å². The molecule has 1 N–H and O–H groups in total. The number of hydrogen-bond donors (Lipinski definition) is 1. The normalized spacial score (nSPS) is 12.0. The lowest BCUT2D eigenvalue weighted by molar-refractivity contribution is -0.137. The van der Waals surface area contributed by atoms with Crippen molar-refractivity contribution in [1.29, 1.82) is 0 Å². The van der Waals surface area contributed by atoms with E-state index >= 15 is 0 Å². The average Bonchev–Trinajstić information content (AvgIpc) is 3.03. The molecule has 0 bridgehead atoms. The molecule has 0 saturated heterocycles. The summed E-state index contributed by atoms with van der Waals surface area (Å²) in [7, 11) is -3.34. The van der Waals surface area contributed by atoms with Crippen molar-refractivity contribution in [3.05, 3.63) is 64.7 Å². The standard InChI is InChI=1S/C19H15F3N2O3S2/c1-11-16(17(25)24-14-7-9-15(10-8-14)29(2,26)27)28-18(23-11)12-3-5-13(6-4-12)19(20,21)22/h3-10H,1-2H3,(H,24,25). The minimum absolute atomic E-state index is 0.133. The Labute approximate surface area is 169 Å². The lowest BCUT2D eigenvalue weighted by Gasteiger charge is -2.06. The van der Waals surface area contributed by atoms with Gasteiger partial charge in [-0.25, -0.2) is 13.4 Å². The molecule has 0 saturated carbocycles. The van der Waals surface area contributed by atoms with E-state index in [-0.39, 0.29) is 4.90 Å². The number of carbonyl (C=O) groups excluding carboxylic acids is 1. The minimum atomic E-state index is -4.42. The Morgan fingerprint density at radius 3 is 2.14 bits per heavy atom. The van der Waals surface area contributed by atoms with E-state index < -0.39 is 27.5 Å². The van der Waals surface area contributed by atoms with E-state index in [1.807, 2.05) is 0 Å². The molecule has 152 valence electrons. The zero-order chi connectivity index (χ0) is 21.4. The second kappa shape index (κ2) is 7.60. The predicted molar refractivity (Wildman–Crippen MR) is 105 cm³/mol. The van der Waals surface area contributed by atoms with Crippen LogP contribution in [0.5, 0.6) is 0 Å². The van der Waals surface area contributed by atoms with Crippen LogP contribution in [0.1, 0.15) is 20.9 Å². The number of aryl methyl sites for hydroxylation is 1. The fourth-order valence-electron chi connectivity index (χ4n) is 2.51. The van der Waals surface area contributed by atoms with Gasteiger partial charge >= 0.3 is 6.18 Å². The maximum absolute atomic E-state index is 12.7. The summed E-state index contributed by atoms with van der Waals surface area (Å²) in [6, 6.07) is 10.3. The summed E-state index contributed by atoms with van der Waals surface area (Å²) in [5.41, 5.74) is 0.564. The Kier molecular flexibility index (Phi) is 5.50. The SMILES string of the molecule is Cc1nc(-c2ccc(C(F)(F)F)cc2)sc1C(=O)Nc1ccc(S(C)(=O)=O)cc1. The Morgan fingerprint density at radius 1 is 1.03 bits per heavy atom. The summed E-state index contributed by atoms with van der Waals surface area (Å²) >= 11 is 1.06. The molecule has 0 spiro atoms. The van der Waals surface area contributed by atoms with E-state index in [2.05, 4.69) is 10.3 Å². The third kappa shape index (κ3) is 4.83. The van der Waals surface area contributed by atoms with Gasteiger partial charge in [-0.15, -0.1) is 11.3 Å². The summed E-state index contributed by atoms with van der Waals surface area (Å²) in [6.45, 7) is 1.63. The van der Waals surface area contributed by atoms with Gasteiger partial charge in [0.1, 0.15) is 9.88 Å². The van der Waals surface area contributed by atoms with Crippen LogP contribution in [0.3, 0.4) is 0 Å². The first kappa shape index (κ1) is 21.0. The van der Waals surface area contributed by atoms with Crippen molar-refractivity contribution in [3.8, 4) is 10.6 Å². The number of anilines is 1. The van der Waals surface area contributed by atoms with Gasteiger partial charge < -0.3 is 5.32 Å². The van der Waals surface area contributed by atoms with Gasteiger partial charge in [0.25, 0.3) is 5.91 Å². The third-order valence-corrected chi connectivity index (χ3v) is 6.34. The maximum atomic E-state index is 12.7. The Balaban J connectivity index is 1.80. The molecule has 0 radical (unpaired) electrons. The second-order valence-corrected chi connectivity index (χ2v) is 9.27. The van der Waals surface area contributed by atoms with Crippen LogP contribution in [0.25, 0.3) is 10.6 Å². The molecule has 0 atom stereocenters. The summed E-state index contributed by atoms with van der Waals surface area (Å²) in [5, 5.41) is 3.08. The Hall–Kier alpha value is -2.72. The number of alkyl halides is 3. The molecule has 0 aliphatic rings. The highest BCUT2D eigenvalue weighted by molar-refractivity contribution is 7.90. The van der Waals surface area contributed by atoms with Crippen LogP contribution in [0.2, 0.25) is 0 Å². The molecule has 0 aliphatic heterocycles. The number of aromatic nitrogens is 1. The number of carbonyl (C=O) groups is 1. The number of halogens is 3. The molecule has 10 heteroatoms. The highest BCUT2D eigenvalue weighted by atomic mass is 32.2. The van der Waals surface area contributed by atoms with Crippen molar-refractivity contribution in [2.24, 2.45) is 0 Å². The van der Waals surface area contributed by atoms with E-state index in [1.165, 1.54) is 36.4 Å². The van der Waals surface area contributed by atoms with Gasteiger partial charge in [0.2, 0.25) is 0 Å². The smallest absolute Gasteiger partial charge is 0.321 e. The highest BCUT2D eigenvalue weighted by Crippen LogP contribution is 2.33. The minimum Gasteiger partial charge on any atom is -0.321 e. The molecular weight excluding hydrogens is 425 g/mol. The third-order valence-electron chi connectivity index (χ3n) is 4.00. The first-order valence-corrected chi connectivity index (χ1v) is 10.9. The number of sulfone groups is 1. The van der Waals surface area contributed by atoms with Crippen LogP contribution in [0, 0.1) is 6.92 Å². The van der Waals surface area contributed by atoms with E-state index in [9.17, 15) is 26.4 Å². The number of thiazole rings is 1. The van der Waals surface area contributed by atoms with Crippen LogP contribution >= 0.6 is 11.3 Å². The van der Waals surface area contributed by atoms with Crippen molar-refractivity contribution >= 4 is 32.8 Å². The largest absolute Gasteiger partial charge is 0.416 e. The molecular formula is C19H15F3N2O3S2. The van der Waals surface area contributed by atoms with Crippen molar-refractivity contribution in [1.82, 2.24) is 4.98 Å². The lowest BCUT2D eigenvalue weighted by Crippen LogP contribution is -2.11. The van der Waals surface area contributed by atoms with E-state index in [1.54, 1.807) is 6.92 Å². The molecule has 1 heterocycles. The zero-order valence-electron chi connectivity index (χ0n) is 15.2. The molecule has 0 unspecified atom stereocenters. The fraction of sp³-hybridized carbons (Fsp3) is 0.158. The first-order chi connectivity index (χ1) is 13.4. The van der Waals surface area contributed by atoms with Crippen molar-refractivity contribution in [2.75, 3.05) is 11.6 Å². The Morgan fingerprint density at radius 2 is 1.62 bits per heavy atom. The molecule has 2 aromatic carbocycles. The molecule has 29 heavy (non-hydrogen) atoms. The van der Waals surface area contributed by atoms with Gasteiger partial charge in [0.15, 0.2) is 9.84 Å². The Bertz CT molecular complexity index is 1150. The van der Waals surface area contributed by atoms with Gasteiger partial charge in [0, 0.05) is 17.5 Å². The van der Waals surface area contributed by atoms with Crippen LogP contribution in [-0.2, 0) is 16.0 Å². The zero-order valence-corrected chi connectivity index (χ0v) is 16.9. The topological polar surface area (TPSA) is 76.1 Å². The van der Waals surface area contributed by atoms with Gasteiger partial charge in [-0.1, -0.05) is 12.1 Å². The van der Waals surface area contributed by atoms with Crippen LogP contribution in [-0.4, -0.2) is 25.6 Å². The summed E-state index contributed by atoms with van der Waals surface area (Å²) in [5.74, 6) is -0.440. The number of benzene rings is 2. The van der Waals surface area contributed by atoms with E-state index in [0.29, 0.717) is 26.8 Å². The number of hydrogen-bond acceptors (Lipinski definition) is 5. The number of amides is 1. The van der Waals surface area contributed by atoms with Crippen molar-refractivity contribution in [2.45, 2.75) is 18.0 Å². The van der Waals surface area contributed by atoms with Crippen LogP contribution in [0.4, 0.5) is 18.9 Å². The maximum Gasteiger partial charge on any atom is 0.416 e. The highest BCUT2D eigenvalue weighted by Gasteiger charge is 2.30. The average molecular weight is 440 g/mol. The summed E-state index contributed by atoms with van der Waals surface area (Å²) < 4.78 is 61.1. The number of rotatable bonds is 4. The van der Waals surface area contributed by atoms with E-state index in [0.717, 1.165) is 29.7 Å². The van der Waals surface area contributed by atoms with Crippen molar-refractivity contribution in [3.63, 3.8) is 0 Å². The molecule has 3 aromatic rings. The monoisotopic (exact) mass is 440 g/mol. The lowest BCUT2D eigenvalue weighted by atomic mass is 10.1. The van der Waals surface area contributed by atoms with Crippen LogP contribution < -0.4 is 5.32 Å². The van der Waals surface area contributed by atoms with Gasteiger partial charge in [-0.3, -0.25) is 4.79 Å². The molecule has 1 amide bonds. The van der Waals surface area contributed by atoms with E-state index in [4.69, 9.17) is 0 Å². The molecule has 0 aliphatic carbocycles. The fourth-order valence-corrected chi connectivity index (χ4v) is 4.10. The second-order valence-electron chi connectivity index (χ2n) is 6.26.